The molecule has 2 heterocycles. The molecule has 1 atom stereocenters. The Morgan fingerprint density at radius 1 is 1.36 bits per heavy atom. The van der Waals surface area contributed by atoms with E-state index in [1.165, 1.54) is 0 Å². The predicted molar refractivity (Wildman–Crippen MR) is 92.4 cm³/mol. The molecule has 130 valence electrons. The Labute approximate surface area is 145 Å². The van der Waals surface area contributed by atoms with Crippen molar-refractivity contribution < 1.29 is 19.1 Å². The first kappa shape index (κ1) is 16.8. The van der Waals surface area contributed by atoms with Crippen LogP contribution in [0.4, 0.5) is 11.4 Å². The number of nitrogens with zero attached hydrogens (tertiary/aromatic N) is 1. The Hall–Kier alpha value is -3.09. The molecule has 0 saturated heterocycles. The lowest BCUT2D eigenvalue weighted by Crippen LogP contribution is -2.30. The van der Waals surface area contributed by atoms with E-state index in [2.05, 4.69) is 10.6 Å². The number of aryl methyl sites for hydroxylation is 1. The molecule has 1 aliphatic heterocycles. The highest BCUT2D eigenvalue weighted by Crippen LogP contribution is 2.33. The minimum Gasteiger partial charge on any atom is -0.461 e. The Morgan fingerprint density at radius 2 is 2.12 bits per heavy atom. The maximum Gasteiger partial charge on any atom is 0.355 e. The molecule has 3 rings (SSSR count). The summed E-state index contributed by atoms with van der Waals surface area (Å²) in [5.41, 5.74) is 2.26. The monoisotopic (exact) mass is 341 g/mol. The highest BCUT2D eigenvalue weighted by molar-refractivity contribution is 6.05. The number of para-hydroxylation sites is 1. The van der Waals surface area contributed by atoms with Crippen molar-refractivity contribution in [3.05, 3.63) is 47.8 Å². The number of nitrogens with one attached hydrogen (secondary N) is 2. The lowest BCUT2D eigenvalue weighted by Gasteiger charge is -2.24. The molecule has 1 aromatic carbocycles. The number of rotatable bonds is 4. The van der Waals surface area contributed by atoms with Crippen molar-refractivity contribution in [1.29, 1.82) is 0 Å². The maximum absolute atomic E-state index is 12.7. The van der Waals surface area contributed by atoms with Gasteiger partial charge >= 0.3 is 5.97 Å². The number of amides is 2. The fourth-order valence-corrected chi connectivity index (χ4v) is 2.92. The van der Waals surface area contributed by atoms with Crippen LogP contribution in [0.1, 0.15) is 35.3 Å². The van der Waals surface area contributed by atoms with Gasteiger partial charge in [0.25, 0.3) is 0 Å². The molecular weight excluding hydrogens is 322 g/mol. The van der Waals surface area contributed by atoms with Crippen LogP contribution in [0.2, 0.25) is 0 Å². The molecule has 25 heavy (non-hydrogen) atoms. The number of esters is 1. The Kier molecular flexibility index (Phi) is 4.56. The van der Waals surface area contributed by atoms with Crippen LogP contribution < -0.4 is 10.6 Å². The van der Waals surface area contributed by atoms with Crippen LogP contribution in [0.15, 0.2) is 36.5 Å². The van der Waals surface area contributed by atoms with E-state index >= 15 is 0 Å². The average molecular weight is 341 g/mol. The molecule has 7 heteroatoms. The van der Waals surface area contributed by atoms with Gasteiger partial charge in [0.05, 0.1) is 18.2 Å². The molecular formula is C18H19N3O4. The van der Waals surface area contributed by atoms with Crippen LogP contribution in [0.3, 0.4) is 0 Å². The van der Waals surface area contributed by atoms with Gasteiger partial charge < -0.3 is 19.9 Å². The summed E-state index contributed by atoms with van der Waals surface area (Å²) >= 11 is 0. The van der Waals surface area contributed by atoms with Gasteiger partial charge in [0.1, 0.15) is 5.69 Å². The molecule has 2 aromatic rings. The van der Waals surface area contributed by atoms with Gasteiger partial charge in [-0.15, -0.1) is 0 Å². The van der Waals surface area contributed by atoms with Crippen LogP contribution in [0.25, 0.3) is 0 Å². The molecule has 1 aromatic heterocycles. The number of ether oxygens (including phenoxy) is 1. The minimum absolute atomic E-state index is 0.0837. The van der Waals surface area contributed by atoms with Crippen LogP contribution in [-0.4, -0.2) is 29.0 Å². The lowest BCUT2D eigenvalue weighted by atomic mass is 9.90. The summed E-state index contributed by atoms with van der Waals surface area (Å²) in [6.45, 7) is 2.01. The van der Waals surface area contributed by atoms with E-state index in [-0.39, 0.29) is 24.8 Å². The first-order valence-corrected chi connectivity index (χ1v) is 8.02. The SMILES string of the molecule is CCOC(=O)c1cc(NC(=O)[C@@H]2CC(=O)Nc3ccccc32)cn1C. The van der Waals surface area contributed by atoms with Gasteiger partial charge in [0.2, 0.25) is 11.8 Å². The van der Waals surface area contributed by atoms with E-state index in [1.807, 2.05) is 18.2 Å². The van der Waals surface area contributed by atoms with E-state index in [9.17, 15) is 14.4 Å². The second kappa shape index (κ2) is 6.80. The summed E-state index contributed by atoms with van der Waals surface area (Å²) < 4.78 is 6.57. The summed E-state index contributed by atoms with van der Waals surface area (Å²) in [5, 5.41) is 5.55. The molecule has 0 fully saturated rings. The van der Waals surface area contributed by atoms with Gasteiger partial charge in [-0.05, 0) is 24.6 Å². The zero-order valence-corrected chi connectivity index (χ0v) is 14.0. The van der Waals surface area contributed by atoms with Gasteiger partial charge in [-0.3, -0.25) is 9.59 Å². The van der Waals surface area contributed by atoms with Gasteiger partial charge in [0.15, 0.2) is 0 Å². The quantitative estimate of drug-likeness (QED) is 0.835. The molecule has 2 N–H and O–H groups in total. The number of fused-ring (bicyclic) bond motifs is 1. The third kappa shape index (κ3) is 3.40. The second-order valence-electron chi connectivity index (χ2n) is 5.83. The Bertz CT molecular complexity index is 841. The van der Waals surface area contributed by atoms with Crippen LogP contribution in [0.5, 0.6) is 0 Å². The predicted octanol–water partition coefficient (Wildman–Crippen LogP) is 2.27. The summed E-state index contributed by atoms with van der Waals surface area (Å²) in [4.78, 5) is 36.4. The Balaban J connectivity index is 1.80. The van der Waals surface area contributed by atoms with Gasteiger partial charge in [-0.2, -0.15) is 0 Å². The highest BCUT2D eigenvalue weighted by atomic mass is 16.5. The zero-order valence-electron chi connectivity index (χ0n) is 14.0. The Morgan fingerprint density at radius 3 is 2.88 bits per heavy atom. The molecule has 0 aliphatic carbocycles. The van der Waals surface area contributed by atoms with E-state index < -0.39 is 11.9 Å². The fraction of sp³-hybridized carbons (Fsp3) is 0.278. The minimum atomic E-state index is -0.573. The van der Waals surface area contributed by atoms with Crippen LogP contribution in [0, 0.1) is 0 Å². The summed E-state index contributed by atoms with van der Waals surface area (Å²) in [7, 11) is 1.70. The molecule has 0 radical (unpaired) electrons. The zero-order chi connectivity index (χ0) is 18.0. The third-order valence-electron chi connectivity index (χ3n) is 4.07. The molecule has 0 bridgehead atoms. The normalized spacial score (nSPS) is 15.9. The highest BCUT2D eigenvalue weighted by Gasteiger charge is 2.30. The van der Waals surface area contributed by atoms with Crippen molar-refractivity contribution in [2.75, 3.05) is 17.2 Å². The van der Waals surface area contributed by atoms with Gasteiger partial charge in [-0.1, -0.05) is 18.2 Å². The van der Waals surface area contributed by atoms with E-state index in [4.69, 9.17) is 4.74 Å². The molecule has 1 aliphatic rings. The smallest absolute Gasteiger partial charge is 0.355 e. The molecule has 0 spiro atoms. The van der Waals surface area contributed by atoms with Crippen molar-refractivity contribution in [3.8, 4) is 0 Å². The molecule has 0 unspecified atom stereocenters. The molecule has 2 amide bonds. The topological polar surface area (TPSA) is 89.4 Å². The van der Waals surface area contributed by atoms with Gasteiger partial charge in [0, 0.05) is 25.4 Å². The largest absolute Gasteiger partial charge is 0.461 e. The van der Waals surface area contributed by atoms with Crippen molar-refractivity contribution in [2.24, 2.45) is 7.05 Å². The van der Waals surface area contributed by atoms with Crippen molar-refractivity contribution in [2.45, 2.75) is 19.3 Å². The van der Waals surface area contributed by atoms with E-state index in [0.29, 0.717) is 17.1 Å². The number of aromatic nitrogens is 1. The van der Waals surface area contributed by atoms with Gasteiger partial charge in [-0.25, -0.2) is 4.79 Å². The number of carbonyl (C=O) groups excluding carboxylic acids is 3. The average Bonchev–Trinajstić information content (AvgIpc) is 2.94. The van der Waals surface area contributed by atoms with Crippen LogP contribution in [-0.2, 0) is 21.4 Å². The van der Waals surface area contributed by atoms with Crippen molar-refractivity contribution >= 4 is 29.2 Å². The third-order valence-corrected chi connectivity index (χ3v) is 4.07. The number of anilines is 2. The van der Waals surface area contributed by atoms with Crippen molar-refractivity contribution in [1.82, 2.24) is 4.57 Å². The lowest BCUT2D eigenvalue weighted by molar-refractivity contribution is -0.123. The van der Waals surface area contributed by atoms with Crippen LogP contribution >= 0.6 is 0 Å². The summed E-state index contributed by atoms with van der Waals surface area (Å²) in [5.74, 6) is -1.51. The number of hydrogen-bond acceptors (Lipinski definition) is 4. The fourth-order valence-electron chi connectivity index (χ4n) is 2.92. The standard InChI is InChI=1S/C18H19N3O4/c1-3-25-18(24)15-8-11(10-21(15)2)19-17(23)13-9-16(22)20-14-7-5-4-6-12(13)14/h4-8,10,13H,3,9H2,1-2H3,(H,19,23)(H,20,22)/t13-/m1/s1. The number of hydrogen-bond donors (Lipinski definition) is 2. The molecule has 0 saturated carbocycles. The maximum atomic E-state index is 12.7. The number of benzene rings is 1. The number of carbonyl (C=O) groups is 3. The molecule has 7 nitrogen and oxygen atoms in total. The second-order valence-corrected chi connectivity index (χ2v) is 5.83. The summed E-state index contributed by atoms with van der Waals surface area (Å²) in [6.07, 6.45) is 1.72. The van der Waals surface area contributed by atoms with E-state index in [1.54, 1.807) is 36.9 Å². The summed E-state index contributed by atoms with van der Waals surface area (Å²) in [6, 6.07) is 8.80. The van der Waals surface area contributed by atoms with E-state index in [0.717, 1.165) is 5.56 Å². The van der Waals surface area contributed by atoms with Crippen molar-refractivity contribution in [3.63, 3.8) is 0 Å². The first-order valence-electron chi connectivity index (χ1n) is 8.02. The first-order chi connectivity index (χ1) is 12.0.